The zero-order valence-corrected chi connectivity index (χ0v) is 21.1. The summed E-state index contributed by atoms with van der Waals surface area (Å²) in [4.78, 5) is 0. The maximum atomic E-state index is 10.3. The van der Waals surface area contributed by atoms with Crippen LogP contribution in [0.15, 0.2) is 0 Å². The van der Waals surface area contributed by atoms with Crippen molar-refractivity contribution in [2.45, 2.75) is 125 Å². The quantitative estimate of drug-likeness (QED) is 0.463. The van der Waals surface area contributed by atoms with Crippen molar-refractivity contribution in [1.29, 1.82) is 0 Å². The van der Waals surface area contributed by atoms with Crippen molar-refractivity contribution < 1.29 is 5.11 Å². The third kappa shape index (κ3) is 3.82. The van der Waals surface area contributed by atoms with Crippen LogP contribution in [0.1, 0.15) is 119 Å². The van der Waals surface area contributed by atoms with Crippen molar-refractivity contribution in [2.24, 2.45) is 58.2 Å². The van der Waals surface area contributed by atoms with E-state index in [1.165, 1.54) is 64.2 Å². The fourth-order valence-electron chi connectivity index (χ4n) is 9.90. The SMILES string of the molecule is CC[C@H](CC[C@@H](C)[C@H]1CCC2C3CCC4C[C@@H](O)CC[C@]4(C)C3CC[C@@]21C)C(C)C. The molecule has 174 valence electrons. The van der Waals surface area contributed by atoms with Crippen LogP contribution in [0.4, 0.5) is 0 Å². The molecule has 0 heterocycles. The first-order chi connectivity index (χ1) is 14.2. The zero-order chi connectivity index (χ0) is 21.7. The van der Waals surface area contributed by atoms with Crippen molar-refractivity contribution in [1.82, 2.24) is 0 Å². The monoisotopic (exact) mass is 416 g/mol. The van der Waals surface area contributed by atoms with Crippen LogP contribution < -0.4 is 0 Å². The van der Waals surface area contributed by atoms with Crippen molar-refractivity contribution in [2.75, 3.05) is 0 Å². The molecule has 30 heavy (non-hydrogen) atoms. The van der Waals surface area contributed by atoms with Gasteiger partial charge in [0.2, 0.25) is 0 Å². The molecule has 10 atom stereocenters. The summed E-state index contributed by atoms with van der Waals surface area (Å²) in [5.41, 5.74) is 1.14. The standard InChI is InChI=1S/C29H52O/c1-7-21(19(2)3)9-8-20(4)25-12-13-26-24-11-10-22-18-23(30)14-16-28(22,5)27(24)15-17-29(25,26)6/h19-27,30H,7-18H2,1-6H3/t20-,21-,22?,23+,24?,25-,26?,27?,28+,29-/m1/s1. The average molecular weight is 417 g/mol. The Morgan fingerprint density at radius 3 is 2.23 bits per heavy atom. The minimum atomic E-state index is -0.0111. The molecule has 4 aliphatic rings. The molecule has 4 unspecified atom stereocenters. The van der Waals surface area contributed by atoms with Crippen LogP contribution in [-0.2, 0) is 0 Å². The Labute approximate surface area is 188 Å². The molecule has 4 aliphatic carbocycles. The first kappa shape index (κ1) is 23.1. The minimum absolute atomic E-state index is 0.0111. The predicted octanol–water partition coefficient (Wildman–Crippen LogP) is 8.10. The fraction of sp³-hybridized carbons (Fsp3) is 1.00. The summed E-state index contributed by atoms with van der Waals surface area (Å²) >= 11 is 0. The Morgan fingerprint density at radius 2 is 1.53 bits per heavy atom. The Balaban J connectivity index is 1.45. The molecule has 0 aromatic rings. The summed E-state index contributed by atoms with van der Waals surface area (Å²) in [6.07, 6.45) is 16.5. The van der Waals surface area contributed by atoms with E-state index in [1.54, 1.807) is 0 Å². The average Bonchev–Trinajstić information content (AvgIpc) is 3.06. The van der Waals surface area contributed by atoms with Gasteiger partial charge in [-0.05, 0) is 122 Å². The van der Waals surface area contributed by atoms with Gasteiger partial charge in [-0.2, -0.15) is 0 Å². The van der Waals surface area contributed by atoms with Crippen molar-refractivity contribution in [3.63, 3.8) is 0 Å². The second kappa shape index (κ2) is 8.72. The highest BCUT2D eigenvalue weighted by atomic mass is 16.3. The summed E-state index contributed by atoms with van der Waals surface area (Å²) in [7, 11) is 0. The van der Waals surface area contributed by atoms with Crippen LogP contribution >= 0.6 is 0 Å². The molecule has 4 fully saturated rings. The smallest absolute Gasteiger partial charge is 0.0543 e. The molecule has 0 bridgehead atoms. The first-order valence-electron chi connectivity index (χ1n) is 13.9. The van der Waals surface area contributed by atoms with E-state index in [0.29, 0.717) is 10.8 Å². The van der Waals surface area contributed by atoms with Gasteiger partial charge in [0, 0.05) is 0 Å². The predicted molar refractivity (Wildman–Crippen MR) is 128 cm³/mol. The molecular formula is C29H52O. The number of fused-ring (bicyclic) bond motifs is 5. The van der Waals surface area contributed by atoms with Gasteiger partial charge < -0.3 is 5.11 Å². The van der Waals surface area contributed by atoms with Crippen LogP contribution in [-0.4, -0.2) is 11.2 Å². The fourth-order valence-corrected chi connectivity index (χ4v) is 9.90. The normalized spacial score (nSPS) is 48.0. The molecule has 4 saturated carbocycles. The van der Waals surface area contributed by atoms with E-state index in [9.17, 15) is 5.11 Å². The lowest BCUT2D eigenvalue weighted by Crippen LogP contribution is -2.54. The third-order valence-electron chi connectivity index (χ3n) is 11.9. The van der Waals surface area contributed by atoms with Crippen LogP contribution in [0.2, 0.25) is 0 Å². The number of rotatable bonds is 6. The van der Waals surface area contributed by atoms with Gasteiger partial charge in [-0.1, -0.05) is 54.4 Å². The van der Waals surface area contributed by atoms with Gasteiger partial charge in [0.25, 0.3) is 0 Å². The lowest BCUT2D eigenvalue weighted by molar-refractivity contribution is -0.129. The van der Waals surface area contributed by atoms with Crippen molar-refractivity contribution in [3.8, 4) is 0 Å². The third-order valence-corrected chi connectivity index (χ3v) is 11.9. The second-order valence-corrected chi connectivity index (χ2v) is 13.3. The van der Waals surface area contributed by atoms with Gasteiger partial charge in [0.1, 0.15) is 0 Å². The number of aliphatic hydroxyl groups excluding tert-OH is 1. The second-order valence-electron chi connectivity index (χ2n) is 13.3. The number of hydrogen-bond donors (Lipinski definition) is 1. The van der Waals surface area contributed by atoms with Gasteiger partial charge in [-0.25, -0.2) is 0 Å². The molecule has 0 saturated heterocycles. The molecule has 0 aliphatic heterocycles. The van der Waals surface area contributed by atoms with Crippen LogP contribution in [0.25, 0.3) is 0 Å². The Hall–Kier alpha value is -0.0400. The zero-order valence-electron chi connectivity index (χ0n) is 21.1. The topological polar surface area (TPSA) is 20.2 Å². The Morgan fingerprint density at radius 1 is 0.833 bits per heavy atom. The summed E-state index contributed by atoms with van der Waals surface area (Å²) < 4.78 is 0. The van der Waals surface area contributed by atoms with Gasteiger partial charge in [-0.3, -0.25) is 0 Å². The van der Waals surface area contributed by atoms with E-state index >= 15 is 0 Å². The van der Waals surface area contributed by atoms with E-state index < -0.39 is 0 Å². The van der Waals surface area contributed by atoms with E-state index in [1.807, 2.05) is 0 Å². The molecule has 0 amide bonds. The summed E-state index contributed by atoms with van der Waals surface area (Å²) in [6, 6.07) is 0. The minimum Gasteiger partial charge on any atom is -0.393 e. The molecule has 1 heteroatoms. The molecule has 0 aromatic carbocycles. The highest BCUT2D eigenvalue weighted by Gasteiger charge is 2.60. The molecule has 0 spiro atoms. The lowest BCUT2D eigenvalue weighted by Gasteiger charge is -2.61. The largest absolute Gasteiger partial charge is 0.393 e. The van der Waals surface area contributed by atoms with E-state index in [-0.39, 0.29) is 6.10 Å². The molecule has 0 aromatic heterocycles. The first-order valence-corrected chi connectivity index (χ1v) is 13.9. The molecule has 4 rings (SSSR count). The van der Waals surface area contributed by atoms with Crippen LogP contribution in [0.3, 0.4) is 0 Å². The highest BCUT2D eigenvalue weighted by molar-refractivity contribution is 5.09. The summed E-state index contributed by atoms with van der Waals surface area (Å²) in [5.74, 6) is 7.34. The molecule has 1 N–H and O–H groups in total. The molecule has 1 nitrogen and oxygen atoms in total. The number of aliphatic hydroxyl groups is 1. The summed E-state index contributed by atoms with van der Waals surface area (Å²) in [5, 5.41) is 10.3. The highest BCUT2D eigenvalue weighted by Crippen LogP contribution is 2.68. The molecular weight excluding hydrogens is 364 g/mol. The summed E-state index contributed by atoms with van der Waals surface area (Å²) in [6.45, 7) is 15.2. The molecule has 0 radical (unpaired) electrons. The Bertz CT molecular complexity index is 583. The van der Waals surface area contributed by atoms with E-state index in [4.69, 9.17) is 0 Å². The van der Waals surface area contributed by atoms with Gasteiger partial charge in [-0.15, -0.1) is 0 Å². The van der Waals surface area contributed by atoms with Crippen molar-refractivity contribution in [3.05, 3.63) is 0 Å². The van der Waals surface area contributed by atoms with Crippen molar-refractivity contribution >= 4 is 0 Å². The lowest BCUT2D eigenvalue weighted by atomic mass is 9.44. The van der Waals surface area contributed by atoms with E-state index in [0.717, 1.165) is 60.2 Å². The van der Waals surface area contributed by atoms with Gasteiger partial charge in [0.05, 0.1) is 6.10 Å². The van der Waals surface area contributed by atoms with Gasteiger partial charge in [0.15, 0.2) is 0 Å². The maximum absolute atomic E-state index is 10.3. The Kier molecular flexibility index (Phi) is 6.72. The van der Waals surface area contributed by atoms with Gasteiger partial charge >= 0.3 is 0 Å². The van der Waals surface area contributed by atoms with E-state index in [2.05, 4.69) is 41.5 Å². The maximum Gasteiger partial charge on any atom is 0.0543 e. The van der Waals surface area contributed by atoms with Crippen LogP contribution in [0.5, 0.6) is 0 Å². The number of hydrogen-bond acceptors (Lipinski definition) is 1. The van der Waals surface area contributed by atoms with Crippen LogP contribution in [0, 0.1) is 58.2 Å².